The minimum absolute atomic E-state index is 0. The number of aryl methyl sites for hydroxylation is 2. The highest BCUT2D eigenvalue weighted by atomic mass is 35.5. The van der Waals surface area contributed by atoms with Crippen LogP contribution in [-0.4, -0.2) is 42.0 Å². The molecule has 0 N–H and O–H groups in total. The van der Waals surface area contributed by atoms with Crippen molar-refractivity contribution in [2.75, 3.05) is 31.1 Å². The van der Waals surface area contributed by atoms with Gasteiger partial charge in [-0.2, -0.15) is 0 Å². The molecule has 30 heavy (non-hydrogen) atoms. The van der Waals surface area contributed by atoms with Gasteiger partial charge in [-0.05, 0) is 55.8 Å². The smallest absolute Gasteiger partial charge is 0.233 e. The quantitative estimate of drug-likeness (QED) is 0.414. The Hall–Kier alpha value is -1.66. The lowest BCUT2D eigenvalue weighted by Crippen LogP contribution is -2.39. The molecule has 0 saturated heterocycles. The third-order valence-corrected chi connectivity index (χ3v) is 6.58. The summed E-state index contributed by atoms with van der Waals surface area (Å²) in [7, 11) is 0. The van der Waals surface area contributed by atoms with Crippen LogP contribution in [0.15, 0.2) is 36.4 Å². The molecule has 0 aliphatic carbocycles. The number of carbonyl (C=O) groups is 1. The molecule has 0 radical (unpaired) electrons. The summed E-state index contributed by atoms with van der Waals surface area (Å²) in [4.78, 5) is 22.3. The number of anilines is 1. The Balaban J connectivity index is 0.00000320. The number of hydrogen-bond acceptors (Lipinski definition) is 4. The lowest BCUT2D eigenvalue weighted by atomic mass is 10.1. The molecule has 0 atom stereocenters. The number of nitrogens with zero attached hydrogens (tertiary/aromatic N) is 3. The first-order valence-corrected chi connectivity index (χ1v) is 11.3. The molecule has 1 heterocycles. The van der Waals surface area contributed by atoms with Crippen molar-refractivity contribution < 1.29 is 4.79 Å². The van der Waals surface area contributed by atoms with E-state index in [9.17, 15) is 4.79 Å². The number of amides is 1. The van der Waals surface area contributed by atoms with E-state index in [-0.39, 0.29) is 24.7 Å². The normalized spacial score (nSPS) is 11.0. The maximum Gasteiger partial charge on any atom is 0.233 e. The Morgan fingerprint density at radius 1 is 1.10 bits per heavy atom. The monoisotopic (exact) mass is 465 g/mol. The first-order valence-electron chi connectivity index (χ1n) is 10.1. The maximum atomic E-state index is 13.3. The highest BCUT2D eigenvalue weighted by Gasteiger charge is 2.22. The highest BCUT2D eigenvalue weighted by Crippen LogP contribution is 2.32. The lowest BCUT2D eigenvalue weighted by molar-refractivity contribution is -0.118. The number of hydrogen-bond donors (Lipinski definition) is 0. The Kier molecular flexibility index (Phi) is 9.10. The minimum atomic E-state index is 0. The fourth-order valence-corrected chi connectivity index (χ4v) is 4.87. The van der Waals surface area contributed by atoms with Crippen LogP contribution in [0.3, 0.4) is 0 Å². The van der Waals surface area contributed by atoms with Crippen molar-refractivity contribution in [3.8, 4) is 0 Å². The molecule has 0 spiro atoms. The fraction of sp³-hybridized carbons (Fsp3) is 0.391. The molecule has 1 amide bonds. The number of likely N-dealkylation sites (N-methyl/N-ethyl adjacent to an activating group) is 1. The second kappa shape index (κ2) is 11.1. The van der Waals surface area contributed by atoms with E-state index in [2.05, 4.69) is 44.7 Å². The summed E-state index contributed by atoms with van der Waals surface area (Å²) in [5.41, 5.74) is 4.18. The van der Waals surface area contributed by atoms with Gasteiger partial charge in [0, 0.05) is 18.1 Å². The topological polar surface area (TPSA) is 36.4 Å². The van der Waals surface area contributed by atoms with Gasteiger partial charge in [0.25, 0.3) is 0 Å². The van der Waals surface area contributed by atoms with Crippen molar-refractivity contribution in [1.29, 1.82) is 0 Å². The van der Waals surface area contributed by atoms with E-state index < -0.39 is 0 Å². The first kappa shape index (κ1) is 24.6. The molecule has 3 rings (SSSR count). The van der Waals surface area contributed by atoms with Gasteiger partial charge >= 0.3 is 0 Å². The zero-order valence-corrected chi connectivity index (χ0v) is 20.3. The van der Waals surface area contributed by atoms with Gasteiger partial charge in [-0.3, -0.25) is 9.69 Å². The Bertz CT molecular complexity index is 1000. The van der Waals surface area contributed by atoms with Gasteiger partial charge in [0.1, 0.15) is 0 Å². The van der Waals surface area contributed by atoms with Gasteiger partial charge < -0.3 is 4.90 Å². The van der Waals surface area contributed by atoms with Crippen molar-refractivity contribution in [2.24, 2.45) is 0 Å². The van der Waals surface area contributed by atoms with Crippen LogP contribution in [0.2, 0.25) is 5.02 Å². The van der Waals surface area contributed by atoms with Crippen molar-refractivity contribution in [3.63, 3.8) is 0 Å². The van der Waals surface area contributed by atoms with Crippen LogP contribution in [0.25, 0.3) is 10.2 Å². The van der Waals surface area contributed by atoms with Gasteiger partial charge in [-0.1, -0.05) is 61.1 Å². The van der Waals surface area contributed by atoms with E-state index in [1.807, 2.05) is 29.2 Å². The molecule has 3 aromatic rings. The van der Waals surface area contributed by atoms with Crippen LogP contribution in [0.4, 0.5) is 5.13 Å². The van der Waals surface area contributed by atoms with Crippen LogP contribution >= 0.6 is 35.3 Å². The molecule has 0 fully saturated rings. The van der Waals surface area contributed by atoms with Crippen LogP contribution in [0.1, 0.15) is 30.5 Å². The van der Waals surface area contributed by atoms with E-state index in [1.54, 1.807) is 11.3 Å². The molecule has 0 aliphatic heterocycles. The number of carbonyl (C=O) groups excluding carboxylic acids is 1. The molecule has 162 valence electrons. The van der Waals surface area contributed by atoms with E-state index in [1.165, 1.54) is 5.56 Å². The van der Waals surface area contributed by atoms with Gasteiger partial charge in [-0.15, -0.1) is 12.4 Å². The minimum Gasteiger partial charge on any atom is -0.302 e. The summed E-state index contributed by atoms with van der Waals surface area (Å²) in [6.07, 6.45) is 0.270. The van der Waals surface area contributed by atoms with Crippen molar-refractivity contribution >= 4 is 56.6 Å². The van der Waals surface area contributed by atoms with Crippen LogP contribution < -0.4 is 4.90 Å². The molecule has 7 heteroatoms. The van der Waals surface area contributed by atoms with Gasteiger partial charge in [-0.25, -0.2) is 4.98 Å². The first-order chi connectivity index (χ1) is 13.9. The molecular formula is C23H29Cl2N3OS. The van der Waals surface area contributed by atoms with E-state index >= 15 is 0 Å². The standard InChI is InChI=1S/C23H28ClN3OS.ClH/c1-5-26(6-2)11-12-27(21(28)15-18-9-7-8-10-19(18)24)23-25-22-17(4)13-16(3)14-20(22)29-23;/h7-10,13-14H,5-6,11-12,15H2,1-4H3;1H. The molecule has 0 unspecified atom stereocenters. The number of halogens is 2. The van der Waals surface area contributed by atoms with Gasteiger partial charge in [0.05, 0.1) is 16.6 Å². The predicted molar refractivity (Wildman–Crippen MR) is 132 cm³/mol. The zero-order chi connectivity index (χ0) is 21.0. The summed E-state index contributed by atoms with van der Waals surface area (Å²) < 4.78 is 1.12. The second-order valence-corrected chi connectivity index (χ2v) is 8.68. The van der Waals surface area contributed by atoms with Crippen molar-refractivity contribution in [2.45, 2.75) is 34.1 Å². The molecule has 0 saturated carbocycles. The van der Waals surface area contributed by atoms with Crippen molar-refractivity contribution in [3.05, 3.63) is 58.1 Å². The molecule has 1 aromatic heterocycles. The average molecular weight is 466 g/mol. The number of thiazole rings is 1. The zero-order valence-electron chi connectivity index (χ0n) is 17.9. The van der Waals surface area contributed by atoms with E-state index in [0.29, 0.717) is 11.6 Å². The highest BCUT2D eigenvalue weighted by molar-refractivity contribution is 7.22. The molecule has 0 bridgehead atoms. The van der Waals surface area contributed by atoms with Crippen LogP contribution in [0, 0.1) is 13.8 Å². The van der Waals surface area contributed by atoms with E-state index in [4.69, 9.17) is 16.6 Å². The lowest BCUT2D eigenvalue weighted by Gasteiger charge is -2.25. The average Bonchev–Trinajstić information content (AvgIpc) is 3.11. The number of rotatable bonds is 8. The summed E-state index contributed by atoms with van der Waals surface area (Å²) >= 11 is 7.89. The molecule has 2 aromatic carbocycles. The third kappa shape index (κ3) is 5.73. The summed E-state index contributed by atoms with van der Waals surface area (Å²) in [5, 5.41) is 1.39. The van der Waals surface area contributed by atoms with Crippen molar-refractivity contribution in [1.82, 2.24) is 9.88 Å². The molecular weight excluding hydrogens is 437 g/mol. The maximum absolute atomic E-state index is 13.3. The largest absolute Gasteiger partial charge is 0.302 e. The Labute approximate surface area is 194 Å². The Morgan fingerprint density at radius 3 is 2.47 bits per heavy atom. The molecule has 4 nitrogen and oxygen atoms in total. The summed E-state index contributed by atoms with van der Waals surface area (Å²) in [6, 6.07) is 11.8. The van der Waals surface area contributed by atoms with Gasteiger partial charge in [0.2, 0.25) is 5.91 Å². The Morgan fingerprint density at radius 2 is 1.80 bits per heavy atom. The third-order valence-electron chi connectivity index (χ3n) is 5.18. The fourth-order valence-electron chi connectivity index (χ4n) is 3.48. The van der Waals surface area contributed by atoms with Crippen LogP contribution in [-0.2, 0) is 11.2 Å². The number of benzene rings is 2. The predicted octanol–water partition coefficient (Wildman–Crippen LogP) is 5.91. The molecule has 0 aliphatic rings. The summed E-state index contributed by atoms with van der Waals surface area (Å²) in [5.74, 6) is 0.0266. The van der Waals surface area contributed by atoms with Crippen LogP contribution in [0.5, 0.6) is 0 Å². The second-order valence-electron chi connectivity index (χ2n) is 7.27. The number of aromatic nitrogens is 1. The number of fused-ring (bicyclic) bond motifs is 1. The SMILES string of the molecule is CCN(CC)CCN(C(=O)Cc1ccccc1Cl)c1nc2c(C)cc(C)cc2s1.Cl. The van der Waals surface area contributed by atoms with Gasteiger partial charge in [0.15, 0.2) is 5.13 Å². The van der Waals surface area contributed by atoms with E-state index in [0.717, 1.165) is 46.1 Å². The summed E-state index contributed by atoms with van der Waals surface area (Å²) in [6.45, 7) is 11.8.